The Morgan fingerprint density at radius 2 is 1.71 bits per heavy atom. The van der Waals surface area contributed by atoms with E-state index in [4.69, 9.17) is 9.47 Å². The number of nitrogens with zero attached hydrogens (tertiary/aromatic N) is 1. The van der Waals surface area contributed by atoms with Gasteiger partial charge in [0.2, 0.25) is 6.79 Å². The molecule has 0 bridgehead atoms. The molecule has 1 aliphatic carbocycles. The van der Waals surface area contributed by atoms with Gasteiger partial charge in [0.25, 0.3) is 0 Å². The number of aryl methyl sites for hydroxylation is 2. The van der Waals surface area contributed by atoms with Crippen LogP contribution in [-0.4, -0.2) is 11.8 Å². The van der Waals surface area contributed by atoms with Gasteiger partial charge >= 0.3 is 6.18 Å². The molecule has 0 saturated heterocycles. The maximum atomic E-state index is 12.9. The lowest BCUT2D eigenvalue weighted by molar-refractivity contribution is -0.137. The summed E-state index contributed by atoms with van der Waals surface area (Å²) in [5.74, 6) is 1.22. The molecular weight excluding hydrogens is 283 g/mol. The maximum Gasteiger partial charge on any atom is 0.417 e. The Morgan fingerprint density at radius 1 is 0.952 bits per heavy atom. The molecule has 0 N–H and O–H groups in total. The summed E-state index contributed by atoms with van der Waals surface area (Å²) >= 11 is 0. The van der Waals surface area contributed by atoms with Crippen molar-refractivity contribution in [3.63, 3.8) is 0 Å². The first-order valence-corrected chi connectivity index (χ1v) is 6.51. The number of halogens is 3. The zero-order valence-corrected chi connectivity index (χ0v) is 10.8. The largest absolute Gasteiger partial charge is 0.454 e. The number of benzene rings is 1. The Hall–Kier alpha value is -2.24. The Morgan fingerprint density at radius 3 is 2.48 bits per heavy atom. The Labute approximate surface area is 118 Å². The molecule has 0 unspecified atom stereocenters. The van der Waals surface area contributed by atoms with E-state index >= 15 is 0 Å². The Balaban J connectivity index is 1.91. The number of fused-ring (bicyclic) bond motifs is 4. The molecule has 2 heterocycles. The fourth-order valence-corrected chi connectivity index (χ4v) is 2.78. The van der Waals surface area contributed by atoms with Crippen LogP contribution in [0, 0.1) is 0 Å². The van der Waals surface area contributed by atoms with Gasteiger partial charge in [-0.2, -0.15) is 13.2 Å². The van der Waals surface area contributed by atoms with Crippen molar-refractivity contribution in [3.8, 4) is 22.6 Å². The van der Waals surface area contributed by atoms with E-state index in [2.05, 4.69) is 4.98 Å². The second-order valence-corrected chi connectivity index (χ2v) is 5.08. The summed E-state index contributed by atoms with van der Waals surface area (Å²) in [5.41, 5.74) is 2.21. The lowest BCUT2D eigenvalue weighted by Gasteiger charge is -2.20. The van der Waals surface area contributed by atoms with Crippen molar-refractivity contribution in [3.05, 3.63) is 41.2 Å². The molecule has 1 aliphatic heterocycles. The van der Waals surface area contributed by atoms with Crippen LogP contribution in [0.2, 0.25) is 0 Å². The highest BCUT2D eigenvalue weighted by atomic mass is 19.4. The molecule has 6 heteroatoms. The van der Waals surface area contributed by atoms with E-state index in [1.165, 1.54) is 6.07 Å². The SMILES string of the molecule is FC(F)(F)c1cnc2c(c1)-c1cc3c(cc1CC2)OCO3. The molecule has 0 atom stereocenters. The first-order valence-electron chi connectivity index (χ1n) is 6.51. The lowest BCUT2D eigenvalue weighted by Crippen LogP contribution is -2.11. The third-order valence-corrected chi connectivity index (χ3v) is 3.82. The van der Waals surface area contributed by atoms with Crippen LogP contribution in [0.3, 0.4) is 0 Å². The standard InChI is InChI=1S/C15H10F3NO2/c16-15(17,18)9-4-11-10-5-14-13(20-7-21-14)3-8(10)1-2-12(11)19-6-9/h3-6H,1-2,7H2. The molecule has 0 saturated carbocycles. The number of aromatic nitrogens is 1. The fraction of sp³-hybridized carbons (Fsp3) is 0.267. The summed E-state index contributed by atoms with van der Waals surface area (Å²) in [6.07, 6.45) is -2.13. The molecule has 1 aromatic heterocycles. The number of hydrogen-bond acceptors (Lipinski definition) is 3. The van der Waals surface area contributed by atoms with Crippen LogP contribution < -0.4 is 9.47 Å². The van der Waals surface area contributed by atoms with Crippen molar-refractivity contribution in [2.75, 3.05) is 6.79 Å². The van der Waals surface area contributed by atoms with Gasteiger partial charge in [-0.3, -0.25) is 4.98 Å². The molecular formula is C15H10F3NO2. The number of ether oxygens (including phenoxy) is 2. The van der Waals surface area contributed by atoms with Gasteiger partial charge in [-0.25, -0.2) is 0 Å². The number of rotatable bonds is 0. The van der Waals surface area contributed by atoms with E-state index in [0.29, 0.717) is 29.2 Å². The minimum absolute atomic E-state index is 0.145. The van der Waals surface area contributed by atoms with Gasteiger partial charge in [0.15, 0.2) is 11.5 Å². The van der Waals surface area contributed by atoms with E-state index in [-0.39, 0.29) is 6.79 Å². The van der Waals surface area contributed by atoms with Crippen LogP contribution in [0.15, 0.2) is 24.4 Å². The van der Waals surface area contributed by atoms with E-state index in [0.717, 1.165) is 23.7 Å². The van der Waals surface area contributed by atoms with Crippen molar-refractivity contribution < 1.29 is 22.6 Å². The predicted octanol–water partition coefficient (Wildman–Crippen LogP) is 3.59. The minimum Gasteiger partial charge on any atom is -0.454 e. The predicted molar refractivity (Wildman–Crippen MR) is 68.2 cm³/mol. The van der Waals surface area contributed by atoms with Gasteiger partial charge < -0.3 is 9.47 Å². The number of hydrogen-bond donors (Lipinski definition) is 0. The molecule has 4 rings (SSSR count). The van der Waals surface area contributed by atoms with Crippen LogP contribution in [0.1, 0.15) is 16.8 Å². The quantitative estimate of drug-likeness (QED) is 0.744. The summed E-state index contributed by atoms with van der Waals surface area (Å²) in [5, 5.41) is 0. The second-order valence-electron chi connectivity index (χ2n) is 5.08. The second kappa shape index (κ2) is 4.13. The zero-order chi connectivity index (χ0) is 14.6. The topological polar surface area (TPSA) is 31.4 Å². The molecule has 0 radical (unpaired) electrons. The van der Waals surface area contributed by atoms with E-state index in [1.807, 2.05) is 6.07 Å². The summed E-state index contributed by atoms with van der Waals surface area (Å²) < 4.78 is 49.2. The Kier molecular flexibility index (Phi) is 2.46. The van der Waals surface area contributed by atoms with E-state index in [1.54, 1.807) is 6.07 Å². The van der Waals surface area contributed by atoms with Crippen LogP contribution >= 0.6 is 0 Å². The van der Waals surface area contributed by atoms with Crippen LogP contribution in [0.4, 0.5) is 13.2 Å². The van der Waals surface area contributed by atoms with Crippen molar-refractivity contribution in [2.45, 2.75) is 19.0 Å². The molecule has 21 heavy (non-hydrogen) atoms. The molecule has 108 valence electrons. The minimum atomic E-state index is -4.39. The van der Waals surface area contributed by atoms with Crippen LogP contribution in [-0.2, 0) is 19.0 Å². The molecule has 2 aliphatic rings. The number of alkyl halides is 3. The first kappa shape index (κ1) is 12.5. The first-order chi connectivity index (χ1) is 10.0. The van der Waals surface area contributed by atoms with E-state index in [9.17, 15) is 13.2 Å². The molecule has 2 aromatic rings. The highest BCUT2D eigenvalue weighted by Gasteiger charge is 2.33. The average Bonchev–Trinajstić information content (AvgIpc) is 2.90. The van der Waals surface area contributed by atoms with Gasteiger partial charge in [-0.15, -0.1) is 0 Å². The normalized spacial score (nSPS) is 15.6. The third-order valence-electron chi connectivity index (χ3n) is 3.82. The van der Waals surface area contributed by atoms with Crippen molar-refractivity contribution in [1.29, 1.82) is 0 Å². The van der Waals surface area contributed by atoms with Gasteiger partial charge in [0.05, 0.1) is 5.56 Å². The summed E-state index contributed by atoms with van der Waals surface area (Å²) in [7, 11) is 0. The smallest absolute Gasteiger partial charge is 0.417 e. The lowest BCUT2D eigenvalue weighted by atomic mass is 9.87. The highest BCUT2D eigenvalue weighted by molar-refractivity contribution is 5.75. The Bertz CT molecular complexity index is 740. The molecule has 1 aromatic carbocycles. The van der Waals surface area contributed by atoms with Crippen molar-refractivity contribution in [2.24, 2.45) is 0 Å². The summed E-state index contributed by atoms with van der Waals surface area (Å²) in [4.78, 5) is 3.99. The summed E-state index contributed by atoms with van der Waals surface area (Å²) in [6.45, 7) is 0.145. The van der Waals surface area contributed by atoms with Crippen LogP contribution in [0.5, 0.6) is 11.5 Å². The average molecular weight is 293 g/mol. The van der Waals surface area contributed by atoms with Crippen LogP contribution in [0.25, 0.3) is 11.1 Å². The molecule has 3 nitrogen and oxygen atoms in total. The van der Waals surface area contributed by atoms with Gasteiger partial charge in [-0.1, -0.05) is 0 Å². The van der Waals surface area contributed by atoms with Crippen molar-refractivity contribution in [1.82, 2.24) is 4.98 Å². The zero-order valence-electron chi connectivity index (χ0n) is 10.8. The molecule has 0 amide bonds. The number of pyridine rings is 1. The van der Waals surface area contributed by atoms with E-state index < -0.39 is 11.7 Å². The van der Waals surface area contributed by atoms with Gasteiger partial charge in [-0.05, 0) is 42.2 Å². The highest BCUT2D eigenvalue weighted by Crippen LogP contribution is 2.43. The monoisotopic (exact) mass is 293 g/mol. The van der Waals surface area contributed by atoms with Gasteiger partial charge in [0.1, 0.15) is 0 Å². The third kappa shape index (κ3) is 1.93. The van der Waals surface area contributed by atoms with Crippen molar-refractivity contribution >= 4 is 0 Å². The molecule has 0 fully saturated rings. The van der Waals surface area contributed by atoms with Gasteiger partial charge in [0, 0.05) is 17.5 Å². The maximum absolute atomic E-state index is 12.9. The molecule has 0 spiro atoms. The summed E-state index contributed by atoms with van der Waals surface area (Å²) in [6, 6.07) is 4.76. The fourth-order valence-electron chi connectivity index (χ4n) is 2.78.